The van der Waals surface area contributed by atoms with Gasteiger partial charge in [-0.3, -0.25) is 4.79 Å². The Kier molecular flexibility index (Phi) is 4.46. The molecule has 0 aliphatic rings. The third-order valence-electron chi connectivity index (χ3n) is 2.56. The number of hydrogen-bond donors (Lipinski definition) is 2. The Hall–Kier alpha value is -1.29. The standard InChI is InChI=1S/C14H22ClN3O/c1-13(2,3)8-14(4,5)18-12(19)9-6-10(15)11(16)17-7-9/h6-7H,8H2,1-5H3,(H2,16,17)(H,18,19). The average molecular weight is 284 g/mol. The maximum absolute atomic E-state index is 12.2. The third kappa shape index (κ3) is 5.07. The second kappa shape index (κ2) is 5.37. The van der Waals surface area contributed by atoms with Crippen molar-refractivity contribution in [2.45, 2.75) is 46.6 Å². The van der Waals surface area contributed by atoms with Crippen molar-refractivity contribution in [1.82, 2.24) is 10.3 Å². The molecule has 0 aliphatic heterocycles. The number of nitrogens with one attached hydrogen (secondary N) is 1. The molecule has 0 aromatic carbocycles. The first-order valence-corrected chi connectivity index (χ1v) is 6.61. The molecule has 1 aromatic heterocycles. The monoisotopic (exact) mass is 283 g/mol. The van der Waals surface area contributed by atoms with Crippen LogP contribution < -0.4 is 11.1 Å². The van der Waals surface area contributed by atoms with E-state index in [-0.39, 0.29) is 22.7 Å². The largest absolute Gasteiger partial charge is 0.382 e. The van der Waals surface area contributed by atoms with E-state index in [0.717, 1.165) is 6.42 Å². The number of carbonyl (C=O) groups excluding carboxylic acids is 1. The van der Waals surface area contributed by atoms with E-state index in [1.165, 1.54) is 12.3 Å². The van der Waals surface area contributed by atoms with Gasteiger partial charge in [0.25, 0.3) is 5.91 Å². The first-order valence-electron chi connectivity index (χ1n) is 6.24. The van der Waals surface area contributed by atoms with Crippen LogP contribution in [-0.2, 0) is 0 Å². The highest BCUT2D eigenvalue weighted by Gasteiger charge is 2.27. The molecule has 5 heteroatoms. The number of nitrogen functional groups attached to an aromatic ring is 1. The summed E-state index contributed by atoms with van der Waals surface area (Å²) in [4.78, 5) is 16.0. The zero-order valence-electron chi connectivity index (χ0n) is 12.2. The molecule has 4 nitrogen and oxygen atoms in total. The number of aromatic nitrogens is 1. The fraction of sp³-hybridized carbons (Fsp3) is 0.571. The van der Waals surface area contributed by atoms with E-state index in [0.29, 0.717) is 10.6 Å². The molecule has 1 amide bonds. The summed E-state index contributed by atoms with van der Waals surface area (Å²) in [5.74, 6) is 0.0378. The van der Waals surface area contributed by atoms with Gasteiger partial charge in [0.05, 0.1) is 10.6 Å². The summed E-state index contributed by atoms with van der Waals surface area (Å²) in [6, 6.07) is 1.53. The van der Waals surface area contributed by atoms with Crippen molar-refractivity contribution in [3.63, 3.8) is 0 Å². The summed E-state index contributed by atoms with van der Waals surface area (Å²) in [5.41, 5.74) is 5.77. The molecular weight excluding hydrogens is 262 g/mol. The molecular formula is C14H22ClN3O. The molecule has 1 rings (SSSR count). The van der Waals surface area contributed by atoms with E-state index in [4.69, 9.17) is 17.3 Å². The highest BCUT2D eigenvalue weighted by atomic mass is 35.5. The van der Waals surface area contributed by atoms with E-state index < -0.39 is 0 Å². The zero-order chi connectivity index (χ0) is 14.8. The van der Waals surface area contributed by atoms with Crippen LogP contribution in [0.3, 0.4) is 0 Å². The summed E-state index contributed by atoms with van der Waals surface area (Å²) in [7, 11) is 0. The van der Waals surface area contributed by atoms with Crippen LogP contribution in [-0.4, -0.2) is 16.4 Å². The molecule has 0 bridgehead atoms. The molecule has 0 spiro atoms. The molecule has 0 atom stereocenters. The lowest BCUT2D eigenvalue weighted by molar-refractivity contribution is 0.0891. The van der Waals surface area contributed by atoms with Crippen LogP contribution in [0.5, 0.6) is 0 Å². The smallest absolute Gasteiger partial charge is 0.253 e. The Morgan fingerprint density at radius 2 is 1.95 bits per heavy atom. The molecule has 19 heavy (non-hydrogen) atoms. The van der Waals surface area contributed by atoms with Crippen LogP contribution in [0.2, 0.25) is 5.02 Å². The first kappa shape index (κ1) is 15.8. The summed E-state index contributed by atoms with van der Waals surface area (Å²) in [6.07, 6.45) is 2.30. The summed E-state index contributed by atoms with van der Waals surface area (Å²) >= 11 is 5.87. The van der Waals surface area contributed by atoms with Gasteiger partial charge in [-0.05, 0) is 31.7 Å². The lowest BCUT2D eigenvalue weighted by Crippen LogP contribution is -2.45. The van der Waals surface area contributed by atoms with Crippen LogP contribution in [0.25, 0.3) is 0 Å². The molecule has 0 saturated carbocycles. The maximum atomic E-state index is 12.2. The number of pyridine rings is 1. The lowest BCUT2D eigenvalue weighted by Gasteiger charge is -2.33. The van der Waals surface area contributed by atoms with Crippen molar-refractivity contribution in [3.8, 4) is 0 Å². The van der Waals surface area contributed by atoms with Gasteiger partial charge in [-0.25, -0.2) is 4.98 Å². The highest BCUT2D eigenvalue weighted by molar-refractivity contribution is 6.33. The SMILES string of the molecule is CC(C)(C)CC(C)(C)NC(=O)c1cnc(N)c(Cl)c1. The van der Waals surface area contributed by atoms with Gasteiger partial charge >= 0.3 is 0 Å². The van der Waals surface area contributed by atoms with Crippen molar-refractivity contribution in [1.29, 1.82) is 0 Å². The number of nitrogens with two attached hydrogens (primary N) is 1. The number of halogens is 1. The molecule has 3 N–H and O–H groups in total. The fourth-order valence-electron chi connectivity index (χ4n) is 2.32. The molecule has 0 saturated heterocycles. The van der Waals surface area contributed by atoms with E-state index in [1.54, 1.807) is 0 Å². The molecule has 1 aromatic rings. The van der Waals surface area contributed by atoms with Crippen LogP contribution in [0.15, 0.2) is 12.3 Å². The van der Waals surface area contributed by atoms with Crippen LogP contribution in [0.1, 0.15) is 51.4 Å². The van der Waals surface area contributed by atoms with Crippen molar-refractivity contribution in [2.75, 3.05) is 5.73 Å². The quantitative estimate of drug-likeness (QED) is 0.895. The average Bonchev–Trinajstić information content (AvgIpc) is 2.17. The van der Waals surface area contributed by atoms with Gasteiger partial charge in [0.1, 0.15) is 5.82 Å². The third-order valence-corrected chi connectivity index (χ3v) is 2.86. The molecule has 0 unspecified atom stereocenters. The van der Waals surface area contributed by atoms with Gasteiger partial charge in [-0.15, -0.1) is 0 Å². The van der Waals surface area contributed by atoms with Crippen LogP contribution in [0.4, 0.5) is 5.82 Å². The van der Waals surface area contributed by atoms with Gasteiger partial charge < -0.3 is 11.1 Å². The van der Waals surface area contributed by atoms with Crippen molar-refractivity contribution < 1.29 is 4.79 Å². The minimum atomic E-state index is -0.302. The van der Waals surface area contributed by atoms with Crippen molar-refractivity contribution in [2.24, 2.45) is 5.41 Å². The number of amides is 1. The molecule has 0 aliphatic carbocycles. The van der Waals surface area contributed by atoms with Gasteiger partial charge in [0.15, 0.2) is 0 Å². The van der Waals surface area contributed by atoms with Gasteiger partial charge in [0, 0.05) is 11.7 Å². The molecule has 106 valence electrons. The lowest BCUT2D eigenvalue weighted by atomic mass is 9.81. The van der Waals surface area contributed by atoms with E-state index in [2.05, 4.69) is 31.1 Å². The van der Waals surface area contributed by atoms with E-state index in [1.807, 2.05) is 13.8 Å². The van der Waals surface area contributed by atoms with Crippen molar-refractivity contribution >= 4 is 23.3 Å². The summed E-state index contributed by atoms with van der Waals surface area (Å²) < 4.78 is 0. The zero-order valence-corrected chi connectivity index (χ0v) is 12.9. The highest BCUT2D eigenvalue weighted by Crippen LogP contribution is 2.27. The van der Waals surface area contributed by atoms with Crippen LogP contribution >= 0.6 is 11.6 Å². The maximum Gasteiger partial charge on any atom is 0.253 e. The van der Waals surface area contributed by atoms with Crippen LogP contribution in [0, 0.1) is 5.41 Å². The Bertz CT molecular complexity index is 478. The number of carbonyl (C=O) groups is 1. The van der Waals surface area contributed by atoms with E-state index in [9.17, 15) is 4.79 Å². The number of hydrogen-bond acceptors (Lipinski definition) is 3. The molecule has 1 heterocycles. The fourth-order valence-corrected chi connectivity index (χ4v) is 2.49. The number of nitrogens with zero attached hydrogens (tertiary/aromatic N) is 1. The minimum absolute atomic E-state index is 0.133. The predicted molar refractivity (Wildman–Crippen MR) is 79.3 cm³/mol. The molecule has 0 fully saturated rings. The predicted octanol–water partition coefficient (Wildman–Crippen LogP) is 3.26. The second-order valence-electron chi connectivity index (χ2n) is 6.67. The Morgan fingerprint density at radius 3 is 2.42 bits per heavy atom. The summed E-state index contributed by atoms with van der Waals surface area (Å²) in [5, 5.41) is 3.29. The number of rotatable bonds is 3. The summed E-state index contributed by atoms with van der Waals surface area (Å²) in [6.45, 7) is 10.4. The van der Waals surface area contributed by atoms with Gasteiger partial charge in [-0.1, -0.05) is 32.4 Å². The Morgan fingerprint density at radius 1 is 1.37 bits per heavy atom. The van der Waals surface area contributed by atoms with Gasteiger partial charge in [-0.2, -0.15) is 0 Å². The van der Waals surface area contributed by atoms with Gasteiger partial charge in [0.2, 0.25) is 0 Å². The van der Waals surface area contributed by atoms with Crippen molar-refractivity contribution in [3.05, 3.63) is 22.8 Å². The normalized spacial score (nSPS) is 12.3. The number of anilines is 1. The molecule has 0 radical (unpaired) electrons. The minimum Gasteiger partial charge on any atom is -0.382 e. The Balaban J connectivity index is 2.81. The Labute approximate surface area is 119 Å². The topological polar surface area (TPSA) is 68.0 Å². The first-order chi connectivity index (χ1) is 8.50. The second-order valence-corrected chi connectivity index (χ2v) is 7.07. The van der Waals surface area contributed by atoms with E-state index >= 15 is 0 Å².